The van der Waals surface area contributed by atoms with E-state index < -0.39 is 4.92 Å². The molecule has 98 valence electrons. The highest BCUT2D eigenvalue weighted by molar-refractivity contribution is 5.59. The summed E-state index contributed by atoms with van der Waals surface area (Å²) in [6.45, 7) is 3.53. The Morgan fingerprint density at radius 1 is 1.72 bits per heavy atom. The Morgan fingerprint density at radius 2 is 2.50 bits per heavy atom. The average Bonchev–Trinajstić information content (AvgIpc) is 2.39. The zero-order valence-electron chi connectivity index (χ0n) is 10.2. The fraction of sp³-hybridized carbons (Fsp3) is 0.545. The van der Waals surface area contributed by atoms with E-state index >= 15 is 0 Å². The molecule has 2 unspecified atom stereocenters. The number of ether oxygens (including phenoxy) is 1. The molecule has 2 heterocycles. The van der Waals surface area contributed by atoms with Crippen LogP contribution in [0.5, 0.6) is 0 Å². The van der Waals surface area contributed by atoms with E-state index in [1.54, 1.807) is 12.1 Å². The molecule has 1 aromatic rings. The third kappa shape index (κ3) is 2.57. The SMILES string of the molecule is CC(N)C1CN(c2cccnc2[N+](=O)[O-])CCO1. The molecule has 7 nitrogen and oxygen atoms in total. The highest BCUT2D eigenvalue weighted by Crippen LogP contribution is 2.26. The fourth-order valence-corrected chi connectivity index (χ4v) is 1.99. The van der Waals surface area contributed by atoms with Crippen LogP contribution in [-0.4, -0.2) is 41.7 Å². The first-order valence-electron chi connectivity index (χ1n) is 5.81. The van der Waals surface area contributed by atoms with Gasteiger partial charge in [-0.1, -0.05) is 0 Å². The first-order valence-corrected chi connectivity index (χ1v) is 5.81. The van der Waals surface area contributed by atoms with Crippen LogP contribution < -0.4 is 10.6 Å². The van der Waals surface area contributed by atoms with Crippen LogP contribution in [0.1, 0.15) is 6.92 Å². The number of hydrogen-bond acceptors (Lipinski definition) is 6. The molecule has 1 fully saturated rings. The standard InChI is InChI=1S/C11H16N4O3/c1-8(12)10-7-14(5-6-18-10)9-3-2-4-13-11(9)15(16)17/h2-4,8,10H,5-7,12H2,1H3. The lowest BCUT2D eigenvalue weighted by Gasteiger charge is -2.35. The summed E-state index contributed by atoms with van der Waals surface area (Å²) in [6, 6.07) is 3.29. The number of morpholine rings is 1. The van der Waals surface area contributed by atoms with Crippen LogP contribution in [0.25, 0.3) is 0 Å². The number of aromatic nitrogens is 1. The van der Waals surface area contributed by atoms with Gasteiger partial charge < -0.3 is 25.5 Å². The molecule has 2 atom stereocenters. The number of nitrogens with zero attached hydrogens (tertiary/aromatic N) is 3. The molecule has 18 heavy (non-hydrogen) atoms. The molecule has 1 saturated heterocycles. The van der Waals surface area contributed by atoms with Crippen molar-refractivity contribution in [3.05, 3.63) is 28.4 Å². The summed E-state index contributed by atoms with van der Waals surface area (Å²) in [5.74, 6) is -0.122. The summed E-state index contributed by atoms with van der Waals surface area (Å²) in [4.78, 5) is 16.2. The second-order valence-corrected chi connectivity index (χ2v) is 4.32. The maximum absolute atomic E-state index is 10.9. The molecule has 7 heteroatoms. The van der Waals surface area contributed by atoms with E-state index in [1.807, 2.05) is 11.8 Å². The molecule has 0 radical (unpaired) electrons. The molecule has 0 amide bonds. The Hall–Kier alpha value is -1.73. The molecule has 1 aliphatic rings. The van der Waals surface area contributed by atoms with Crippen molar-refractivity contribution in [1.82, 2.24) is 4.98 Å². The fourth-order valence-electron chi connectivity index (χ4n) is 1.99. The van der Waals surface area contributed by atoms with Gasteiger partial charge in [-0.3, -0.25) is 0 Å². The number of pyridine rings is 1. The van der Waals surface area contributed by atoms with E-state index in [2.05, 4.69) is 4.98 Å². The zero-order chi connectivity index (χ0) is 13.1. The van der Waals surface area contributed by atoms with Gasteiger partial charge in [0.05, 0.1) is 12.7 Å². The van der Waals surface area contributed by atoms with Crippen LogP contribution in [0.4, 0.5) is 11.5 Å². The Morgan fingerprint density at radius 3 is 3.17 bits per heavy atom. The normalized spacial score (nSPS) is 21.7. The van der Waals surface area contributed by atoms with Gasteiger partial charge in [-0.15, -0.1) is 0 Å². The van der Waals surface area contributed by atoms with Crippen molar-refractivity contribution in [1.29, 1.82) is 0 Å². The minimum Gasteiger partial charge on any atom is -0.373 e. The van der Waals surface area contributed by atoms with Gasteiger partial charge in [0.25, 0.3) is 0 Å². The number of nitro groups is 1. The third-order valence-corrected chi connectivity index (χ3v) is 2.96. The van der Waals surface area contributed by atoms with Crippen LogP contribution in [0.2, 0.25) is 0 Å². The van der Waals surface area contributed by atoms with Gasteiger partial charge in [0.1, 0.15) is 11.9 Å². The maximum atomic E-state index is 10.9. The Balaban J connectivity index is 2.23. The number of hydrogen-bond donors (Lipinski definition) is 1. The molecule has 2 N–H and O–H groups in total. The highest BCUT2D eigenvalue weighted by atomic mass is 16.6. The highest BCUT2D eigenvalue weighted by Gasteiger charge is 2.28. The van der Waals surface area contributed by atoms with E-state index in [1.165, 1.54) is 6.20 Å². The zero-order valence-corrected chi connectivity index (χ0v) is 10.2. The molecule has 1 aromatic heterocycles. The van der Waals surface area contributed by atoms with Crippen molar-refractivity contribution >= 4 is 11.5 Å². The molecule has 1 aliphatic heterocycles. The molecule has 0 aromatic carbocycles. The van der Waals surface area contributed by atoms with Gasteiger partial charge in [0.2, 0.25) is 0 Å². The summed E-state index contributed by atoms with van der Waals surface area (Å²) in [6.07, 6.45) is 1.31. The van der Waals surface area contributed by atoms with Gasteiger partial charge >= 0.3 is 5.82 Å². The predicted octanol–water partition coefficient (Wildman–Crippen LogP) is 0.542. The molecule has 0 bridgehead atoms. The predicted molar refractivity (Wildman–Crippen MR) is 66.5 cm³/mol. The molecule has 0 saturated carbocycles. The maximum Gasteiger partial charge on any atom is 0.387 e. The molecular formula is C11H16N4O3. The van der Waals surface area contributed by atoms with Crippen molar-refractivity contribution in [2.24, 2.45) is 5.73 Å². The van der Waals surface area contributed by atoms with Crippen molar-refractivity contribution < 1.29 is 9.66 Å². The lowest BCUT2D eigenvalue weighted by Crippen LogP contribution is -2.49. The molecule has 0 spiro atoms. The Bertz CT molecular complexity index is 438. The van der Waals surface area contributed by atoms with Crippen LogP contribution in [0, 0.1) is 10.1 Å². The minimum absolute atomic E-state index is 0.108. The first kappa shape index (κ1) is 12.7. The minimum atomic E-state index is -0.467. The van der Waals surface area contributed by atoms with Gasteiger partial charge in [-0.25, -0.2) is 0 Å². The van der Waals surface area contributed by atoms with Gasteiger partial charge in [-0.2, -0.15) is 0 Å². The molecule has 0 aliphatic carbocycles. The number of nitrogens with two attached hydrogens (primary N) is 1. The van der Waals surface area contributed by atoms with Crippen LogP contribution in [0.3, 0.4) is 0 Å². The van der Waals surface area contributed by atoms with Crippen molar-refractivity contribution in [3.63, 3.8) is 0 Å². The average molecular weight is 252 g/mol. The second kappa shape index (κ2) is 5.28. The van der Waals surface area contributed by atoms with E-state index in [0.29, 0.717) is 25.4 Å². The molecular weight excluding hydrogens is 236 g/mol. The second-order valence-electron chi connectivity index (χ2n) is 4.32. The van der Waals surface area contributed by atoms with Crippen LogP contribution >= 0.6 is 0 Å². The van der Waals surface area contributed by atoms with Crippen molar-refractivity contribution in [2.45, 2.75) is 19.1 Å². The van der Waals surface area contributed by atoms with Crippen molar-refractivity contribution in [3.8, 4) is 0 Å². The smallest absolute Gasteiger partial charge is 0.373 e. The summed E-state index contributed by atoms with van der Waals surface area (Å²) < 4.78 is 5.53. The first-order chi connectivity index (χ1) is 8.59. The number of rotatable bonds is 3. The topological polar surface area (TPSA) is 94.5 Å². The van der Waals surface area contributed by atoms with Gasteiger partial charge in [0.15, 0.2) is 0 Å². The lowest BCUT2D eigenvalue weighted by atomic mass is 10.1. The Kier molecular flexibility index (Phi) is 3.73. The summed E-state index contributed by atoms with van der Waals surface area (Å²) in [5, 5.41) is 10.9. The Labute approximate surface area is 105 Å². The van der Waals surface area contributed by atoms with Gasteiger partial charge in [-0.05, 0) is 29.0 Å². The van der Waals surface area contributed by atoms with Gasteiger partial charge in [0, 0.05) is 19.1 Å². The summed E-state index contributed by atoms with van der Waals surface area (Å²) in [5.41, 5.74) is 6.33. The van der Waals surface area contributed by atoms with E-state index in [9.17, 15) is 10.1 Å². The summed E-state index contributed by atoms with van der Waals surface area (Å²) in [7, 11) is 0. The van der Waals surface area contributed by atoms with Crippen LogP contribution in [-0.2, 0) is 4.74 Å². The summed E-state index contributed by atoms with van der Waals surface area (Å²) >= 11 is 0. The van der Waals surface area contributed by atoms with Crippen molar-refractivity contribution in [2.75, 3.05) is 24.6 Å². The molecule has 2 rings (SSSR count). The largest absolute Gasteiger partial charge is 0.387 e. The van der Waals surface area contributed by atoms with E-state index in [4.69, 9.17) is 10.5 Å². The monoisotopic (exact) mass is 252 g/mol. The third-order valence-electron chi connectivity index (χ3n) is 2.96. The van der Waals surface area contributed by atoms with E-state index in [-0.39, 0.29) is 18.0 Å². The van der Waals surface area contributed by atoms with E-state index in [0.717, 1.165) is 0 Å². The van der Waals surface area contributed by atoms with Crippen LogP contribution in [0.15, 0.2) is 18.3 Å². The number of anilines is 1. The quantitative estimate of drug-likeness (QED) is 0.623. The lowest BCUT2D eigenvalue weighted by molar-refractivity contribution is -0.388.